The summed E-state index contributed by atoms with van der Waals surface area (Å²) in [5.41, 5.74) is 1.00. The summed E-state index contributed by atoms with van der Waals surface area (Å²) in [5, 5.41) is 13.4. The fourth-order valence-corrected chi connectivity index (χ4v) is 2.56. The number of nitrogens with one attached hydrogen (secondary N) is 2. The fraction of sp³-hybridized carbons (Fsp3) is 0.0714. The molecule has 0 saturated carbocycles. The SMILES string of the molecule is O=C(Nc1cnn(COc2ccc(Br)cc2)c1)c1[nH]ncc1I. The Kier molecular flexibility index (Phi) is 4.96. The van der Waals surface area contributed by atoms with Crippen molar-refractivity contribution in [3.8, 4) is 5.75 Å². The van der Waals surface area contributed by atoms with Crippen LogP contribution in [-0.4, -0.2) is 25.9 Å². The van der Waals surface area contributed by atoms with Gasteiger partial charge in [-0.25, -0.2) is 4.68 Å². The lowest BCUT2D eigenvalue weighted by molar-refractivity contribution is 0.102. The molecular weight excluding hydrogens is 477 g/mol. The van der Waals surface area contributed by atoms with E-state index in [0.29, 0.717) is 11.4 Å². The third-order valence-electron chi connectivity index (χ3n) is 2.89. The maximum atomic E-state index is 12.1. The molecular formula is C14H11BrIN5O2. The Balaban J connectivity index is 1.58. The highest BCUT2D eigenvalue weighted by Gasteiger charge is 2.13. The van der Waals surface area contributed by atoms with Crippen molar-refractivity contribution in [3.05, 3.63) is 56.6 Å². The first-order chi connectivity index (χ1) is 11.1. The van der Waals surface area contributed by atoms with E-state index >= 15 is 0 Å². The number of benzene rings is 1. The predicted octanol–water partition coefficient (Wildman–Crippen LogP) is 3.26. The van der Waals surface area contributed by atoms with E-state index in [1.807, 2.05) is 46.9 Å². The number of ether oxygens (including phenoxy) is 1. The van der Waals surface area contributed by atoms with Gasteiger partial charge in [0, 0.05) is 4.47 Å². The molecule has 3 aromatic rings. The first kappa shape index (κ1) is 16.0. The second kappa shape index (κ2) is 7.13. The third-order valence-corrected chi connectivity index (χ3v) is 4.23. The summed E-state index contributed by atoms with van der Waals surface area (Å²) >= 11 is 5.41. The van der Waals surface area contributed by atoms with E-state index in [1.165, 1.54) is 0 Å². The van der Waals surface area contributed by atoms with Gasteiger partial charge >= 0.3 is 0 Å². The lowest BCUT2D eigenvalue weighted by Gasteiger charge is -2.05. The molecule has 2 aromatic heterocycles. The minimum atomic E-state index is -0.264. The average Bonchev–Trinajstić information content (AvgIpc) is 3.15. The normalized spacial score (nSPS) is 10.5. The van der Waals surface area contributed by atoms with Gasteiger partial charge in [0.15, 0.2) is 6.73 Å². The van der Waals surface area contributed by atoms with Crippen LogP contribution >= 0.6 is 38.5 Å². The zero-order chi connectivity index (χ0) is 16.2. The molecule has 0 aliphatic carbocycles. The molecule has 0 spiro atoms. The van der Waals surface area contributed by atoms with Crippen molar-refractivity contribution < 1.29 is 9.53 Å². The van der Waals surface area contributed by atoms with E-state index in [0.717, 1.165) is 13.8 Å². The molecule has 23 heavy (non-hydrogen) atoms. The number of amides is 1. The van der Waals surface area contributed by atoms with E-state index in [-0.39, 0.29) is 12.6 Å². The topological polar surface area (TPSA) is 84.8 Å². The van der Waals surface area contributed by atoms with Crippen LogP contribution in [0.2, 0.25) is 0 Å². The van der Waals surface area contributed by atoms with Crippen LogP contribution in [0.25, 0.3) is 0 Å². The van der Waals surface area contributed by atoms with Crippen molar-refractivity contribution in [3.63, 3.8) is 0 Å². The Morgan fingerprint density at radius 1 is 1.35 bits per heavy atom. The summed E-state index contributed by atoms with van der Waals surface area (Å²) in [7, 11) is 0. The number of rotatable bonds is 5. The van der Waals surface area contributed by atoms with Crippen LogP contribution in [0.3, 0.4) is 0 Å². The first-order valence-corrected chi connectivity index (χ1v) is 8.40. The van der Waals surface area contributed by atoms with E-state index in [4.69, 9.17) is 4.74 Å². The molecule has 0 atom stereocenters. The minimum absolute atomic E-state index is 0.249. The van der Waals surface area contributed by atoms with Gasteiger partial charge in [-0.3, -0.25) is 9.89 Å². The van der Waals surface area contributed by atoms with Gasteiger partial charge < -0.3 is 10.1 Å². The molecule has 2 N–H and O–H groups in total. The summed E-state index contributed by atoms with van der Waals surface area (Å²) in [6.45, 7) is 0.249. The molecule has 9 heteroatoms. The largest absolute Gasteiger partial charge is 0.471 e. The summed E-state index contributed by atoms with van der Waals surface area (Å²) in [5.74, 6) is 0.474. The number of carbonyl (C=O) groups excluding carboxylic acids is 1. The lowest BCUT2D eigenvalue weighted by atomic mass is 10.3. The Morgan fingerprint density at radius 2 is 2.13 bits per heavy atom. The predicted molar refractivity (Wildman–Crippen MR) is 96.3 cm³/mol. The highest BCUT2D eigenvalue weighted by molar-refractivity contribution is 14.1. The van der Waals surface area contributed by atoms with Gasteiger partial charge in [0.2, 0.25) is 0 Å². The van der Waals surface area contributed by atoms with Crippen molar-refractivity contribution in [1.29, 1.82) is 0 Å². The van der Waals surface area contributed by atoms with Crippen molar-refractivity contribution in [1.82, 2.24) is 20.0 Å². The van der Waals surface area contributed by atoms with Gasteiger partial charge in [-0.1, -0.05) is 15.9 Å². The summed E-state index contributed by atoms with van der Waals surface area (Å²) in [4.78, 5) is 12.1. The number of nitrogens with zero attached hydrogens (tertiary/aromatic N) is 3. The number of H-pyrrole nitrogens is 1. The standard InChI is InChI=1S/C14H11BrIN5O2/c15-9-1-3-11(4-2-9)23-8-21-7-10(5-18-21)19-14(22)13-12(16)6-17-20-13/h1-7H,8H2,(H,17,20)(H,19,22). The molecule has 1 aromatic carbocycles. The van der Waals surface area contributed by atoms with Gasteiger partial charge in [-0.15, -0.1) is 0 Å². The highest BCUT2D eigenvalue weighted by Crippen LogP contribution is 2.17. The van der Waals surface area contributed by atoms with Crippen LogP contribution in [0.1, 0.15) is 10.5 Å². The number of hydrogen-bond acceptors (Lipinski definition) is 4. The molecule has 0 bridgehead atoms. The Hall–Kier alpha value is -1.88. The Labute approximate surface area is 153 Å². The van der Waals surface area contributed by atoms with E-state index in [1.54, 1.807) is 23.3 Å². The number of carbonyl (C=O) groups is 1. The molecule has 7 nitrogen and oxygen atoms in total. The second-order valence-electron chi connectivity index (χ2n) is 4.54. The lowest BCUT2D eigenvalue weighted by Crippen LogP contribution is -2.13. The molecule has 0 saturated heterocycles. The first-order valence-electron chi connectivity index (χ1n) is 6.53. The van der Waals surface area contributed by atoms with Crippen molar-refractivity contribution in [2.24, 2.45) is 0 Å². The average molecular weight is 488 g/mol. The van der Waals surface area contributed by atoms with Crippen molar-refractivity contribution in [2.75, 3.05) is 5.32 Å². The molecule has 0 unspecified atom stereocenters. The molecule has 2 heterocycles. The summed E-state index contributed by atoms with van der Waals surface area (Å²) in [6, 6.07) is 7.51. The zero-order valence-corrected chi connectivity index (χ0v) is 15.4. The molecule has 0 radical (unpaired) electrons. The van der Waals surface area contributed by atoms with E-state index in [2.05, 4.69) is 36.5 Å². The van der Waals surface area contributed by atoms with E-state index in [9.17, 15) is 4.79 Å². The molecule has 118 valence electrons. The van der Waals surface area contributed by atoms with Crippen LogP contribution in [0, 0.1) is 3.57 Å². The molecule has 0 fully saturated rings. The van der Waals surface area contributed by atoms with Gasteiger partial charge in [0.1, 0.15) is 11.4 Å². The minimum Gasteiger partial charge on any atom is -0.471 e. The molecule has 1 amide bonds. The Bertz CT molecular complexity index is 815. The quantitative estimate of drug-likeness (QED) is 0.541. The van der Waals surface area contributed by atoms with Crippen LogP contribution in [0.4, 0.5) is 5.69 Å². The monoisotopic (exact) mass is 487 g/mol. The second-order valence-corrected chi connectivity index (χ2v) is 6.62. The van der Waals surface area contributed by atoms with Crippen LogP contribution in [0.15, 0.2) is 47.3 Å². The number of hydrogen-bond donors (Lipinski definition) is 2. The summed E-state index contributed by atoms with van der Waals surface area (Å²) in [6.07, 6.45) is 4.84. The Morgan fingerprint density at radius 3 is 2.83 bits per heavy atom. The summed E-state index contributed by atoms with van der Waals surface area (Å²) < 4.78 is 8.94. The number of aromatic nitrogens is 4. The van der Waals surface area contributed by atoms with Gasteiger partial charge in [-0.05, 0) is 46.9 Å². The van der Waals surface area contributed by atoms with Gasteiger partial charge in [0.05, 0.1) is 27.8 Å². The molecule has 3 rings (SSSR count). The maximum Gasteiger partial charge on any atom is 0.274 e. The number of halogens is 2. The van der Waals surface area contributed by atoms with Crippen LogP contribution < -0.4 is 10.1 Å². The van der Waals surface area contributed by atoms with Gasteiger partial charge in [0.25, 0.3) is 5.91 Å². The van der Waals surface area contributed by atoms with Crippen molar-refractivity contribution in [2.45, 2.75) is 6.73 Å². The third kappa shape index (κ3) is 4.10. The molecule has 0 aliphatic heterocycles. The smallest absolute Gasteiger partial charge is 0.274 e. The number of aromatic amines is 1. The van der Waals surface area contributed by atoms with Crippen LogP contribution in [0.5, 0.6) is 5.75 Å². The molecule has 0 aliphatic rings. The zero-order valence-electron chi connectivity index (χ0n) is 11.7. The maximum absolute atomic E-state index is 12.1. The number of anilines is 1. The fourth-order valence-electron chi connectivity index (χ4n) is 1.79. The van der Waals surface area contributed by atoms with Gasteiger partial charge in [-0.2, -0.15) is 10.2 Å². The van der Waals surface area contributed by atoms with E-state index < -0.39 is 0 Å². The highest BCUT2D eigenvalue weighted by atomic mass is 127. The van der Waals surface area contributed by atoms with Crippen LogP contribution in [-0.2, 0) is 6.73 Å². The van der Waals surface area contributed by atoms with Crippen molar-refractivity contribution >= 4 is 50.1 Å².